The van der Waals surface area contributed by atoms with Crippen molar-refractivity contribution in [3.63, 3.8) is 0 Å². The molecule has 0 atom stereocenters. The van der Waals surface area contributed by atoms with Gasteiger partial charge in [-0.1, -0.05) is 0 Å². The summed E-state index contributed by atoms with van der Waals surface area (Å²) in [4.78, 5) is 15.2. The van der Waals surface area contributed by atoms with Gasteiger partial charge in [0.1, 0.15) is 5.82 Å². The van der Waals surface area contributed by atoms with E-state index in [4.69, 9.17) is 4.98 Å². The van der Waals surface area contributed by atoms with E-state index >= 15 is 0 Å². The third-order valence-corrected chi connectivity index (χ3v) is 5.17. The third-order valence-electron chi connectivity index (χ3n) is 5.17. The van der Waals surface area contributed by atoms with Gasteiger partial charge in [0.2, 0.25) is 5.95 Å². The maximum atomic E-state index is 13.1. The van der Waals surface area contributed by atoms with Gasteiger partial charge in [-0.05, 0) is 48.4 Å². The quantitative estimate of drug-likeness (QED) is 0.637. The summed E-state index contributed by atoms with van der Waals surface area (Å²) in [5.41, 5.74) is 2.28. The molecule has 1 fully saturated rings. The second-order valence-corrected chi connectivity index (χ2v) is 7.09. The number of halogens is 1. The Morgan fingerprint density at radius 3 is 2.38 bits per heavy atom. The number of rotatable bonds is 6. The first-order valence-electron chi connectivity index (χ1n) is 9.74. The Morgan fingerprint density at radius 2 is 1.66 bits per heavy atom. The first-order chi connectivity index (χ1) is 14.2. The highest BCUT2D eigenvalue weighted by Crippen LogP contribution is 2.19. The number of anilines is 3. The number of nitrogens with zero attached hydrogens (tertiary/aromatic N) is 7. The lowest BCUT2D eigenvalue weighted by Gasteiger charge is -2.36. The van der Waals surface area contributed by atoms with Crippen LogP contribution in [0.2, 0.25) is 0 Å². The van der Waals surface area contributed by atoms with Gasteiger partial charge in [0.15, 0.2) is 5.82 Å². The first-order valence-corrected chi connectivity index (χ1v) is 9.74. The number of benzene rings is 1. The van der Waals surface area contributed by atoms with Crippen molar-refractivity contribution in [2.45, 2.75) is 6.42 Å². The number of likely N-dealkylation sites (N-methyl/N-ethyl adjacent to an activating group) is 1. The van der Waals surface area contributed by atoms with Crippen LogP contribution >= 0.6 is 0 Å². The zero-order valence-corrected chi connectivity index (χ0v) is 16.4. The zero-order valence-electron chi connectivity index (χ0n) is 16.4. The summed E-state index contributed by atoms with van der Waals surface area (Å²) in [5, 5.41) is 8.40. The van der Waals surface area contributed by atoms with Crippen LogP contribution in [0.4, 0.5) is 21.8 Å². The minimum Gasteiger partial charge on any atom is -0.368 e. The van der Waals surface area contributed by atoms with Gasteiger partial charge < -0.3 is 14.7 Å². The molecule has 8 heteroatoms. The van der Waals surface area contributed by atoms with Crippen LogP contribution in [0.25, 0.3) is 0 Å². The molecule has 1 saturated heterocycles. The lowest BCUT2D eigenvalue weighted by molar-refractivity contribution is 0.621. The van der Waals surface area contributed by atoms with Gasteiger partial charge in [0.05, 0.1) is 6.20 Å². The van der Waals surface area contributed by atoms with E-state index in [-0.39, 0.29) is 5.82 Å². The Morgan fingerprint density at radius 1 is 0.966 bits per heavy atom. The molecule has 0 saturated carbocycles. The van der Waals surface area contributed by atoms with Gasteiger partial charge in [0.25, 0.3) is 0 Å². The largest absolute Gasteiger partial charge is 0.368 e. The van der Waals surface area contributed by atoms with Gasteiger partial charge in [0, 0.05) is 57.9 Å². The molecule has 4 rings (SSSR count). The molecule has 0 unspecified atom stereocenters. The van der Waals surface area contributed by atoms with Gasteiger partial charge in [-0.2, -0.15) is 10.1 Å². The van der Waals surface area contributed by atoms with Crippen LogP contribution in [0, 0.1) is 5.82 Å². The maximum Gasteiger partial charge on any atom is 0.247 e. The Balaban J connectivity index is 1.35. The lowest BCUT2D eigenvalue weighted by atomic mass is 10.2. The van der Waals surface area contributed by atoms with Gasteiger partial charge >= 0.3 is 0 Å². The fourth-order valence-corrected chi connectivity index (χ4v) is 3.38. The SMILES string of the molecule is CN(CCc1ccncc1)c1cnnc(N2CCN(c3ccc(F)cc3)CC2)n1. The van der Waals surface area contributed by atoms with Crippen LogP contribution in [0.1, 0.15) is 5.56 Å². The summed E-state index contributed by atoms with van der Waals surface area (Å²) in [6.45, 7) is 4.08. The van der Waals surface area contributed by atoms with Crippen molar-refractivity contribution in [3.8, 4) is 0 Å². The Bertz CT molecular complexity index is 912. The van der Waals surface area contributed by atoms with Crippen molar-refractivity contribution >= 4 is 17.5 Å². The molecule has 0 bridgehead atoms. The molecular formula is C21H24FN7. The molecule has 150 valence electrons. The lowest BCUT2D eigenvalue weighted by Crippen LogP contribution is -2.47. The predicted molar refractivity (Wildman–Crippen MR) is 112 cm³/mol. The summed E-state index contributed by atoms with van der Waals surface area (Å²) in [6, 6.07) is 10.7. The number of aromatic nitrogens is 4. The summed E-state index contributed by atoms with van der Waals surface area (Å²) in [5.74, 6) is 1.25. The molecule has 1 aliphatic heterocycles. The summed E-state index contributed by atoms with van der Waals surface area (Å²) >= 11 is 0. The molecule has 1 aliphatic rings. The molecule has 29 heavy (non-hydrogen) atoms. The van der Waals surface area contributed by atoms with E-state index in [1.165, 1.54) is 17.7 Å². The fourth-order valence-electron chi connectivity index (χ4n) is 3.38. The third kappa shape index (κ3) is 4.77. The van der Waals surface area contributed by atoms with E-state index < -0.39 is 0 Å². The Kier molecular flexibility index (Phi) is 5.79. The van der Waals surface area contributed by atoms with E-state index in [2.05, 4.69) is 29.9 Å². The highest BCUT2D eigenvalue weighted by atomic mass is 19.1. The molecule has 2 aromatic heterocycles. The van der Waals surface area contributed by atoms with Gasteiger partial charge in [-0.3, -0.25) is 4.98 Å². The van der Waals surface area contributed by atoms with Crippen LogP contribution in [0.15, 0.2) is 55.0 Å². The smallest absolute Gasteiger partial charge is 0.247 e. The van der Waals surface area contributed by atoms with Crippen LogP contribution in [0.3, 0.4) is 0 Å². The molecule has 0 aliphatic carbocycles. The van der Waals surface area contributed by atoms with Crippen molar-refractivity contribution < 1.29 is 4.39 Å². The highest BCUT2D eigenvalue weighted by molar-refractivity contribution is 5.49. The minimum atomic E-state index is -0.211. The standard InChI is InChI=1S/C21H24FN7/c1-27(11-8-17-6-9-23-10-7-17)20-16-24-26-21(25-20)29-14-12-28(13-15-29)19-4-2-18(22)3-5-19/h2-7,9-10,16H,8,11-15H2,1H3. The van der Waals surface area contributed by atoms with E-state index in [0.29, 0.717) is 5.95 Å². The van der Waals surface area contributed by atoms with Gasteiger partial charge in [-0.25, -0.2) is 4.39 Å². The Labute approximate surface area is 169 Å². The highest BCUT2D eigenvalue weighted by Gasteiger charge is 2.20. The molecule has 0 radical (unpaired) electrons. The normalized spacial score (nSPS) is 14.1. The Hall–Kier alpha value is -3.29. The van der Waals surface area contributed by atoms with Gasteiger partial charge in [-0.15, -0.1) is 5.10 Å². The van der Waals surface area contributed by atoms with Crippen LogP contribution in [0.5, 0.6) is 0 Å². The fraction of sp³-hybridized carbons (Fsp3) is 0.333. The van der Waals surface area contributed by atoms with Crippen molar-refractivity contribution in [1.82, 2.24) is 20.2 Å². The van der Waals surface area contributed by atoms with Crippen LogP contribution < -0.4 is 14.7 Å². The number of pyridine rings is 1. The number of hydrogen-bond acceptors (Lipinski definition) is 7. The van der Waals surface area contributed by atoms with E-state index in [9.17, 15) is 4.39 Å². The molecule has 7 nitrogen and oxygen atoms in total. The topological polar surface area (TPSA) is 61.3 Å². The molecule has 3 aromatic rings. The molecule has 3 heterocycles. The minimum absolute atomic E-state index is 0.211. The van der Waals surface area contributed by atoms with Crippen molar-refractivity contribution in [3.05, 3.63) is 66.4 Å². The maximum absolute atomic E-state index is 13.1. The van der Waals surface area contributed by atoms with E-state index in [1.807, 2.05) is 43.7 Å². The van der Waals surface area contributed by atoms with Crippen LogP contribution in [-0.2, 0) is 6.42 Å². The predicted octanol–water partition coefficient (Wildman–Crippen LogP) is 2.41. The van der Waals surface area contributed by atoms with Crippen LogP contribution in [-0.4, -0.2) is 59.9 Å². The molecule has 0 amide bonds. The summed E-state index contributed by atoms with van der Waals surface area (Å²) < 4.78 is 13.1. The molecule has 0 N–H and O–H groups in total. The number of hydrogen-bond donors (Lipinski definition) is 0. The average molecular weight is 393 g/mol. The van der Waals surface area contributed by atoms with E-state index in [0.717, 1.165) is 50.6 Å². The monoisotopic (exact) mass is 393 g/mol. The summed E-state index contributed by atoms with van der Waals surface area (Å²) in [6.07, 6.45) is 6.23. The van der Waals surface area contributed by atoms with Crippen molar-refractivity contribution in [1.29, 1.82) is 0 Å². The van der Waals surface area contributed by atoms with Crippen molar-refractivity contribution in [2.75, 3.05) is 54.5 Å². The second-order valence-electron chi connectivity index (χ2n) is 7.09. The molecule has 0 spiro atoms. The number of piperazine rings is 1. The van der Waals surface area contributed by atoms with E-state index in [1.54, 1.807) is 6.20 Å². The molecular weight excluding hydrogens is 369 g/mol. The first kappa shape index (κ1) is 19.0. The molecule has 1 aromatic carbocycles. The average Bonchev–Trinajstić information content (AvgIpc) is 2.79. The zero-order chi connectivity index (χ0) is 20.1. The van der Waals surface area contributed by atoms with Crippen molar-refractivity contribution in [2.24, 2.45) is 0 Å². The second kappa shape index (κ2) is 8.81. The summed E-state index contributed by atoms with van der Waals surface area (Å²) in [7, 11) is 2.02.